The summed E-state index contributed by atoms with van der Waals surface area (Å²) in [5.74, 6) is 0.779. The fourth-order valence-electron chi connectivity index (χ4n) is 1.76. The number of anilines is 1. The van der Waals surface area contributed by atoms with Crippen LogP contribution in [0.25, 0.3) is 0 Å². The van der Waals surface area contributed by atoms with Crippen molar-refractivity contribution in [2.45, 2.75) is 19.8 Å². The molecule has 2 rings (SSSR count). The second-order valence-electron chi connectivity index (χ2n) is 3.91. The lowest BCUT2D eigenvalue weighted by atomic mass is 10.1. The summed E-state index contributed by atoms with van der Waals surface area (Å²) in [7, 11) is 0. The number of thiophene rings is 1. The van der Waals surface area contributed by atoms with Gasteiger partial charge in [-0.1, -0.05) is 0 Å². The van der Waals surface area contributed by atoms with Crippen molar-refractivity contribution in [2.24, 2.45) is 5.92 Å². The van der Waals surface area contributed by atoms with Gasteiger partial charge in [0.2, 0.25) is 0 Å². The molecule has 1 aromatic heterocycles. The Morgan fingerprint density at radius 3 is 3.14 bits per heavy atom. The van der Waals surface area contributed by atoms with Crippen molar-refractivity contribution < 1.29 is 4.74 Å². The zero-order valence-electron chi connectivity index (χ0n) is 8.58. The highest BCUT2D eigenvalue weighted by Gasteiger charge is 2.14. The minimum absolute atomic E-state index is 0.779. The van der Waals surface area contributed by atoms with Crippen LogP contribution in [0.2, 0.25) is 0 Å². The van der Waals surface area contributed by atoms with E-state index in [1.54, 1.807) is 11.3 Å². The number of rotatable bonds is 4. The Balaban J connectivity index is 1.70. The van der Waals surface area contributed by atoms with Crippen LogP contribution in [0.1, 0.15) is 18.4 Å². The smallest absolute Gasteiger partial charge is 0.0495 e. The molecule has 3 heteroatoms. The van der Waals surface area contributed by atoms with Gasteiger partial charge >= 0.3 is 0 Å². The molecule has 0 aliphatic carbocycles. The fraction of sp³-hybridized carbons (Fsp3) is 0.636. The molecule has 1 unspecified atom stereocenters. The van der Waals surface area contributed by atoms with Gasteiger partial charge in [0.15, 0.2) is 0 Å². The van der Waals surface area contributed by atoms with Gasteiger partial charge in [-0.2, -0.15) is 0 Å². The molecule has 1 N–H and O–H groups in total. The van der Waals surface area contributed by atoms with Crippen LogP contribution in [-0.2, 0) is 4.74 Å². The Hall–Kier alpha value is -0.540. The lowest BCUT2D eigenvalue weighted by molar-refractivity contribution is 0.185. The number of nitrogens with one attached hydrogen (secondary N) is 1. The fourth-order valence-corrected chi connectivity index (χ4v) is 2.57. The predicted octanol–water partition coefficient (Wildman–Crippen LogP) is 2.90. The maximum absolute atomic E-state index is 5.34. The number of hydrogen-bond donors (Lipinski definition) is 1. The third-order valence-electron chi connectivity index (χ3n) is 2.75. The van der Waals surface area contributed by atoms with Crippen molar-refractivity contribution in [3.63, 3.8) is 0 Å². The summed E-state index contributed by atoms with van der Waals surface area (Å²) in [6.45, 7) is 5.15. The highest BCUT2D eigenvalue weighted by Crippen LogP contribution is 2.21. The van der Waals surface area contributed by atoms with Crippen LogP contribution in [0.4, 0.5) is 5.69 Å². The van der Waals surface area contributed by atoms with E-state index >= 15 is 0 Å². The van der Waals surface area contributed by atoms with Gasteiger partial charge < -0.3 is 10.1 Å². The molecule has 1 aliphatic heterocycles. The number of ether oxygens (including phenoxy) is 1. The SMILES string of the molecule is Cc1cscc1NCCC1CCOC1. The molecule has 2 heterocycles. The molecule has 14 heavy (non-hydrogen) atoms. The van der Waals surface area contributed by atoms with Gasteiger partial charge in [0, 0.05) is 30.8 Å². The van der Waals surface area contributed by atoms with Crippen molar-refractivity contribution in [3.05, 3.63) is 16.3 Å². The van der Waals surface area contributed by atoms with Crippen molar-refractivity contribution >= 4 is 17.0 Å². The van der Waals surface area contributed by atoms with Crippen molar-refractivity contribution in [2.75, 3.05) is 25.1 Å². The van der Waals surface area contributed by atoms with Crippen LogP contribution in [0.3, 0.4) is 0 Å². The van der Waals surface area contributed by atoms with E-state index in [1.807, 2.05) is 0 Å². The largest absolute Gasteiger partial charge is 0.384 e. The first-order valence-electron chi connectivity index (χ1n) is 5.20. The van der Waals surface area contributed by atoms with Crippen LogP contribution in [-0.4, -0.2) is 19.8 Å². The molecule has 0 spiro atoms. The second-order valence-corrected chi connectivity index (χ2v) is 4.66. The van der Waals surface area contributed by atoms with E-state index in [9.17, 15) is 0 Å². The molecule has 0 radical (unpaired) electrons. The lowest BCUT2D eigenvalue weighted by Gasteiger charge is -2.09. The van der Waals surface area contributed by atoms with E-state index in [0.29, 0.717) is 0 Å². The van der Waals surface area contributed by atoms with Gasteiger partial charge in [-0.25, -0.2) is 0 Å². The molecule has 1 aromatic rings. The Labute approximate surface area is 89.3 Å². The van der Waals surface area contributed by atoms with Crippen molar-refractivity contribution in [3.8, 4) is 0 Å². The Kier molecular flexibility index (Phi) is 3.43. The van der Waals surface area contributed by atoms with Gasteiger partial charge in [-0.05, 0) is 36.6 Å². The molecular weight excluding hydrogens is 194 g/mol. The van der Waals surface area contributed by atoms with Crippen LogP contribution < -0.4 is 5.32 Å². The van der Waals surface area contributed by atoms with E-state index in [-0.39, 0.29) is 0 Å². The first-order chi connectivity index (χ1) is 6.86. The van der Waals surface area contributed by atoms with E-state index in [1.165, 1.54) is 24.1 Å². The molecule has 78 valence electrons. The topological polar surface area (TPSA) is 21.3 Å². The van der Waals surface area contributed by atoms with Gasteiger partial charge in [0.1, 0.15) is 0 Å². The highest BCUT2D eigenvalue weighted by molar-refractivity contribution is 7.08. The van der Waals surface area contributed by atoms with E-state index in [0.717, 1.165) is 25.7 Å². The Morgan fingerprint density at radius 1 is 1.57 bits per heavy atom. The average molecular weight is 211 g/mol. The Morgan fingerprint density at radius 2 is 2.50 bits per heavy atom. The minimum Gasteiger partial charge on any atom is -0.384 e. The zero-order valence-corrected chi connectivity index (χ0v) is 9.40. The first kappa shape index (κ1) is 9.99. The summed E-state index contributed by atoms with van der Waals surface area (Å²) in [6.07, 6.45) is 2.47. The maximum atomic E-state index is 5.34. The van der Waals surface area contributed by atoms with Crippen LogP contribution in [0.15, 0.2) is 10.8 Å². The molecule has 0 amide bonds. The summed E-state index contributed by atoms with van der Waals surface area (Å²) in [4.78, 5) is 0. The average Bonchev–Trinajstić information content (AvgIpc) is 2.78. The molecule has 1 fully saturated rings. The maximum Gasteiger partial charge on any atom is 0.0495 e. The van der Waals surface area contributed by atoms with Crippen molar-refractivity contribution in [1.29, 1.82) is 0 Å². The van der Waals surface area contributed by atoms with Crippen LogP contribution >= 0.6 is 11.3 Å². The normalized spacial score (nSPS) is 21.4. The standard InChI is InChI=1S/C11H17NOS/c1-9-7-14-8-11(9)12-4-2-10-3-5-13-6-10/h7-8,10,12H,2-6H2,1H3. The highest BCUT2D eigenvalue weighted by atomic mass is 32.1. The minimum atomic E-state index is 0.779. The second kappa shape index (κ2) is 4.80. The molecule has 0 saturated carbocycles. The Bertz CT molecular complexity index is 279. The van der Waals surface area contributed by atoms with E-state index in [2.05, 4.69) is 23.0 Å². The number of aryl methyl sites for hydroxylation is 1. The first-order valence-corrected chi connectivity index (χ1v) is 6.15. The number of hydrogen-bond acceptors (Lipinski definition) is 3. The predicted molar refractivity (Wildman–Crippen MR) is 61.1 cm³/mol. The molecular formula is C11H17NOS. The summed E-state index contributed by atoms with van der Waals surface area (Å²) < 4.78 is 5.34. The third kappa shape index (κ3) is 2.49. The van der Waals surface area contributed by atoms with Crippen LogP contribution in [0, 0.1) is 12.8 Å². The molecule has 0 bridgehead atoms. The summed E-state index contributed by atoms with van der Waals surface area (Å²) in [5, 5.41) is 7.84. The lowest BCUT2D eigenvalue weighted by Crippen LogP contribution is -2.08. The monoisotopic (exact) mass is 211 g/mol. The van der Waals surface area contributed by atoms with Gasteiger partial charge in [-0.3, -0.25) is 0 Å². The zero-order chi connectivity index (χ0) is 9.80. The van der Waals surface area contributed by atoms with Crippen molar-refractivity contribution in [1.82, 2.24) is 0 Å². The van der Waals surface area contributed by atoms with E-state index < -0.39 is 0 Å². The molecule has 1 saturated heterocycles. The van der Waals surface area contributed by atoms with Gasteiger partial charge in [0.25, 0.3) is 0 Å². The van der Waals surface area contributed by atoms with Crippen LogP contribution in [0.5, 0.6) is 0 Å². The quantitative estimate of drug-likeness (QED) is 0.827. The van der Waals surface area contributed by atoms with Gasteiger partial charge in [-0.15, -0.1) is 11.3 Å². The van der Waals surface area contributed by atoms with E-state index in [4.69, 9.17) is 4.74 Å². The summed E-state index contributed by atoms with van der Waals surface area (Å²) in [6, 6.07) is 0. The summed E-state index contributed by atoms with van der Waals surface area (Å²) in [5.41, 5.74) is 2.66. The summed E-state index contributed by atoms with van der Waals surface area (Å²) >= 11 is 1.76. The third-order valence-corrected chi connectivity index (χ3v) is 3.61. The molecule has 1 aliphatic rings. The molecule has 1 atom stereocenters. The van der Waals surface area contributed by atoms with Gasteiger partial charge in [0.05, 0.1) is 0 Å². The molecule has 0 aromatic carbocycles. The molecule has 2 nitrogen and oxygen atoms in total.